The summed E-state index contributed by atoms with van der Waals surface area (Å²) in [6, 6.07) is 2.36. The minimum Gasteiger partial charge on any atom is -0.313 e. The second-order valence-corrected chi connectivity index (χ2v) is 7.97. The van der Waals surface area contributed by atoms with E-state index < -0.39 is 10.0 Å². The van der Waals surface area contributed by atoms with Gasteiger partial charge in [0.05, 0.1) is 5.75 Å². The fraction of sp³-hybridized carbons (Fsp3) is 0.667. The summed E-state index contributed by atoms with van der Waals surface area (Å²) >= 11 is 1.73. The van der Waals surface area contributed by atoms with Crippen LogP contribution in [-0.4, -0.2) is 37.6 Å². The molecule has 0 spiro atoms. The molecule has 0 saturated carbocycles. The Morgan fingerprint density at radius 3 is 3.00 bits per heavy atom. The summed E-state index contributed by atoms with van der Waals surface area (Å²) in [6.07, 6.45) is 0.851. The molecule has 1 aliphatic rings. The number of rotatable bonds is 5. The van der Waals surface area contributed by atoms with Crippen molar-refractivity contribution in [1.29, 1.82) is 0 Å². The van der Waals surface area contributed by atoms with Crippen LogP contribution in [0.4, 0.5) is 0 Å². The smallest absolute Gasteiger partial charge is 0.215 e. The summed E-state index contributed by atoms with van der Waals surface area (Å²) in [5.41, 5.74) is 1.17. The Morgan fingerprint density at radius 2 is 2.28 bits per heavy atom. The van der Waals surface area contributed by atoms with Crippen molar-refractivity contribution < 1.29 is 8.42 Å². The van der Waals surface area contributed by atoms with E-state index >= 15 is 0 Å². The van der Waals surface area contributed by atoms with Crippen molar-refractivity contribution in [2.45, 2.75) is 32.9 Å². The summed E-state index contributed by atoms with van der Waals surface area (Å²) in [5.74, 6) is 0.185. The predicted molar refractivity (Wildman–Crippen MR) is 75.4 cm³/mol. The lowest BCUT2D eigenvalue weighted by molar-refractivity contribution is 0.393. The van der Waals surface area contributed by atoms with Crippen LogP contribution in [0, 0.1) is 0 Å². The number of nitrogens with zero attached hydrogens (tertiary/aromatic N) is 1. The summed E-state index contributed by atoms with van der Waals surface area (Å²) in [4.78, 5) is 1.33. The van der Waals surface area contributed by atoms with Crippen LogP contribution in [0.3, 0.4) is 0 Å². The van der Waals surface area contributed by atoms with Gasteiger partial charge in [-0.3, -0.25) is 0 Å². The quantitative estimate of drug-likeness (QED) is 0.892. The van der Waals surface area contributed by atoms with Crippen LogP contribution in [-0.2, 0) is 23.0 Å². The van der Waals surface area contributed by atoms with E-state index in [-0.39, 0.29) is 5.75 Å². The van der Waals surface area contributed by atoms with Gasteiger partial charge in [0, 0.05) is 30.6 Å². The second kappa shape index (κ2) is 5.69. The molecule has 0 atom stereocenters. The molecule has 0 fully saturated rings. The number of thiophene rings is 1. The average molecular weight is 288 g/mol. The van der Waals surface area contributed by atoms with Crippen LogP contribution in [0.15, 0.2) is 11.4 Å². The molecule has 2 heterocycles. The van der Waals surface area contributed by atoms with Gasteiger partial charge in [-0.25, -0.2) is 8.42 Å². The van der Waals surface area contributed by atoms with E-state index in [9.17, 15) is 8.42 Å². The highest BCUT2D eigenvalue weighted by Gasteiger charge is 2.26. The first-order valence-corrected chi connectivity index (χ1v) is 8.74. The van der Waals surface area contributed by atoms with Crippen molar-refractivity contribution in [2.75, 3.05) is 18.8 Å². The minimum atomic E-state index is -3.12. The standard InChI is InChI=1S/C12H20N2O2S2/c1-10(2)13-5-8-18(15,16)14-6-3-12-11(9-14)4-7-17-12/h4,7,10,13H,3,5-6,8-9H2,1-2H3. The fourth-order valence-electron chi connectivity index (χ4n) is 2.07. The van der Waals surface area contributed by atoms with Crippen LogP contribution in [0.2, 0.25) is 0 Å². The van der Waals surface area contributed by atoms with E-state index in [0.29, 0.717) is 25.7 Å². The third-order valence-electron chi connectivity index (χ3n) is 3.08. The van der Waals surface area contributed by atoms with Crippen molar-refractivity contribution >= 4 is 21.4 Å². The van der Waals surface area contributed by atoms with Crippen molar-refractivity contribution in [3.05, 3.63) is 21.9 Å². The van der Waals surface area contributed by atoms with Crippen molar-refractivity contribution in [3.63, 3.8) is 0 Å². The Hall–Kier alpha value is -0.430. The topological polar surface area (TPSA) is 49.4 Å². The van der Waals surface area contributed by atoms with E-state index in [2.05, 4.69) is 5.32 Å². The Balaban J connectivity index is 1.95. The van der Waals surface area contributed by atoms with Gasteiger partial charge in [0.25, 0.3) is 0 Å². The Morgan fingerprint density at radius 1 is 1.50 bits per heavy atom. The molecule has 1 aliphatic heterocycles. The molecule has 0 radical (unpaired) electrons. The van der Waals surface area contributed by atoms with Gasteiger partial charge < -0.3 is 5.32 Å². The summed E-state index contributed by atoms with van der Waals surface area (Å²) in [7, 11) is -3.12. The van der Waals surface area contributed by atoms with Gasteiger partial charge in [0.15, 0.2) is 0 Å². The fourth-order valence-corrected chi connectivity index (χ4v) is 4.29. The molecule has 0 bridgehead atoms. The maximum Gasteiger partial charge on any atom is 0.215 e. The van der Waals surface area contributed by atoms with E-state index in [1.807, 2.05) is 25.3 Å². The summed E-state index contributed by atoms with van der Waals surface area (Å²) < 4.78 is 26.0. The van der Waals surface area contributed by atoms with E-state index in [1.54, 1.807) is 15.6 Å². The number of fused-ring (bicyclic) bond motifs is 1. The van der Waals surface area contributed by atoms with Crippen LogP contribution < -0.4 is 5.32 Å². The third kappa shape index (κ3) is 3.32. The molecule has 1 aromatic rings. The maximum atomic E-state index is 12.2. The van der Waals surface area contributed by atoms with Crippen LogP contribution >= 0.6 is 11.3 Å². The molecular formula is C12H20N2O2S2. The molecule has 2 rings (SSSR count). The minimum absolute atomic E-state index is 0.185. The number of sulfonamides is 1. The van der Waals surface area contributed by atoms with Gasteiger partial charge in [0.1, 0.15) is 0 Å². The Labute approximate surface area is 113 Å². The highest BCUT2D eigenvalue weighted by atomic mass is 32.2. The molecule has 0 aliphatic carbocycles. The predicted octanol–water partition coefficient (Wildman–Crippen LogP) is 1.43. The first-order chi connectivity index (χ1) is 8.49. The molecule has 0 saturated heterocycles. The molecule has 1 aromatic heterocycles. The molecule has 1 N–H and O–H groups in total. The number of nitrogens with one attached hydrogen (secondary N) is 1. The first kappa shape index (κ1) is 14.0. The zero-order valence-corrected chi connectivity index (χ0v) is 12.5. The molecule has 102 valence electrons. The molecule has 18 heavy (non-hydrogen) atoms. The van der Waals surface area contributed by atoms with Crippen LogP contribution in [0.25, 0.3) is 0 Å². The summed E-state index contributed by atoms with van der Waals surface area (Å²) in [6.45, 7) is 5.73. The van der Waals surface area contributed by atoms with Crippen molar-refractivity contribution in [2.24, 2.45) is 0 Å². The zero-order valence-electron chi connectivity index (χ0n) is 10.8. The van der Waals surface area contributed by atoms with Crippen LogP contribution in [0.5, 0.6) is 0 Å². The van der Waals surface area contributed by atoms with E-state index in [0.717, 1.165) is 6.42 Å². The lowest BCUT2D eigenvalue weighted by atomic mass is 10.1. The van der Waals surface area contributed by atoms with Crippen molar-refractivity contribution in [3.8, 4) is 0 Å². The maximum absolute atomic E-state index is 12.2. The van der Waals surface area contributed by atoms with Gasteiger partial charge in [-0.1, -0.05) is 13.8 Å². The zero-order chi connectivity index (χ0) is 13.2. The summed E-state index contributed by atoms with van der Waals surface area (Å²) in [5, 5.41) is 5.19. The Bertz CT molecular complexity index is 494. The van der Waals surface area contributed by atoms with E-state index in [1.165, 1.54) is 10.4 Å². The van der Waals surface area contributed by atoms with Gasteiger partial charge >= 0.3 is 0 Å². The lowest BCUT2D eigenvalue weighted by Gasteiger charge is -2.26. The number of hydrogen-bond acceptors (Lipinski definition) is 4. The Kier molecular flexibility index (Phi) is 4.42. The number of hydrogen-bond donors (Lipinski definition) is 1. The van der Waals surface area contributed by atoms with Gasteiger partial charge in [-0.05, 0) is 23.4 Å². The molecule has 0 amide bonds. The SMILES string of the molecule is CC(C)NCCS(=O)(=O)N1CCc2sccc2C1. The molecule has 0 unspecified atom stereocenters. The van der Waals surface area contributed by atoms with Gasteiger partial charge in [0.2, 0.25) is 10.0 Å². The molecule has 4 nitrogen and oxygen atoms in total. The van der Waals surface area contributed by atoms with E-state index in [4.69, 9.17) is 0 Å². The molecular weight excluding hydrogens is 268 g/mol. The molecule has 0 aromatic carbocycles. The highest BCUT2D eigenvalue weighted by Crippen LogP contribution is 2.25. The third-order valence-corrected chi connectivity index (χ3v) is 5.92. The first-order valence-electron chi connectivity index (χ1n) is 6.25. The lowest BCUT2D eigenvalue weighted by Crippen LogP contribution is -2.40. The normalized spacial score (nSPS) is 17.1. The van der Waals surface area contributed by atoms with Crippen LogP contribution in [0.1, 0.15) is 24.3 Å². The second-order valence-electron chi connectivity index (χ2n) is 4.88. The molecule has 6 heteroatoms. The van der Waals surface area contributed by atoms with Gasteiger partial charge in [-0.2, -0.15) is 4.31 Å². The van der Waals surface area contributed by atoms with Crippen molar-refractivity contribution in [1.82, 2.24) is 9.62 Å². The monoisotopic (exact) mass is 288 g/mol. The van der Waals surface area contributed by atoms with Gasteiger partial charge in [-0.15, -0.1) is 11.3 Å². The highest BCUT2D eigenvalue weighted by molar-refractivity contribution is 7.89. The average Bonchev–Trinajstić information content (AvgIpc) is 2.74. The largest absolute Gasteiger partial charge is 0.313 e.